The van der Waals surface area contributed by atoms with Crippen LogP contribution in [-0.2, 0) is 17.8 Å². The smallest absolute Gasteiger partial charge is 0.251 e. The number of likely N-dealkylation sites (N-methyl/N-ethyl adjacent to an activating group) is 1. The number of anilines is 1. The molecule has 0 aliphatic rings. The van der Waals surface area contributed by atoms with Gasteiger partial charge in [-0.25, -0.2) is 4.98 Å². The van der Waals surface area contributed by atoms with Crippen molar-refractivity contribution in [3.05, 3.63) is 90.3 Å². The summed E-state index contributed by atoms with van der Waals surface area (Å²) in [6, 6.07) is 24.3. The Kier molecular flexibility index (Phi) is 6.69. The molecule has 0 bridgehead atoms. The predicted octanol–water partition coefficient (Wildman–Crippen LogP) is 3.68. The fourth-order valence-corrected chi connectivity index (χ4v) is 3.68. The van der Waals surface area contributed by atoms with Crippen molar-refractivity contribution in [3.63, 3.8) is 0 Å². The highest BCUT2D eigenvalue weighted by Gasteiger charge is 2.17. The molecule has 1 heterocycles. The normalized spacial score (nSPS) is 10.7. The summed E-state index contributed by atoms with van der Waals surface area (Å²) in [7, 11) is 3.34. The van der Waals surface area contributed by atoms with Crippen molar-refractivity contribution in [1.29, 1.82) is 0 Å². The van der Waals surface area contributed by atoms with Crippen LogP contribution in [0.5, 0.6) is 5.75 Å². The maximum Gasteiger partial charge on any atom is 0.251 e. The molecule has 0 aliphatic heterocycles. The highest BCUT2D eigenvalue weighted by atomic mass is 16.5. The number of para-hydroxylation sites is 3. The summed E-state index contributed by atoms with van der Waals surface area (Å²) < 4.78 is 7.11. The van der Waals surface area contributed by atoms with Crippen LogP contribution in [0.2, 0.25) is 0 Å². The average molecular weight is 443 g/mol. The van der Waals surface area contributed by atoms with E-state index in [1.165, 1.54) is 0 Å². The number of hydrogen-bond donors (Lipinski definition) is 1. The number of rotatable bonds is 8. The van der Waals surface area contributed by atoms with Crippen LogP contribution in [0.1, 0.15) is 16.2 Å². The fourth-order valence-electron chi connectivity index (χ4n) is 3.68. The van der Waals surface area contributed by atoms with Gasteiger partial charge in [0.2, 0.25) is 5.91 Å². The zero-order valence-corrected chi connectivity index (χ0v) is 18.7. The molecule has 2 amide bonds. The van der Waals surface area contributed by atoms with E-state index >= 15 is 0 Å². The lowest BCUT2D eigenvalue weighted by Crippen LogP contribution is -2.31. The van der Waals surface area contributed by atoms with Gasteiger partial charge in [-0.05, 0) is 42.5 Å². The summed E-state index contributed by atoms with van der Waals surface area (Å²) in [5.74, 6) is 1.14. The number of aromatic nitrogens is 2. The molecule has 1 aromatic heterocycles. The van der Waals surface area contributed by atoms with Crippen LogP contribution in [0.25, 0.3) is 11.0 Å². The van der Waals surface area contributed by atoms with Gasteiger partial charge in [-0.1, -0.05) is 36.4 Å². The van der Waals surface area contributed by atoms with Crippen molar-refractivity contribution >= 4 is 28.5 Å². The van der Waals surface area contributed by atoms with Gasteiger partial charge in [0, 0.05) is 31.3 Å². The van der Waals surface area contributed by atoms with E-state index in [-0.39, 0.29) is 18.4 Å². The highest BCUT2D eigenvalue weighted by molar-refractivity contribution is 5.95. The van der Waals surface area contributed by atoms with E-state index in [2.05, 4.69) is 5.32 Å². The third-order valence-electron chi connectivity index (χ3n) is 5.51. The molecule has 7 nitrogen and oxygen atoms in total. The molecule has 4 rings (SSSR count). The van der Waals surface area contributed by atoms with E-state index in [0.717, 1.165) is 22.5 Å². The maximum atomic E-state index is 13.0. The molecule has 7 heteroatoms. The number of carbonyl (C=O) groups excluding carboxylic acids is 2. The molecular weight excluding hydrogens is 416 g/mol. The fraction of sp³-hybridized carbons (Fsp3) is 0.192. The van der Waals surface area contributed by atoms with Gasteiger partial charge < -0.3 is 19.5 Å². The Morgan fingerprint density at radius 3 is 2.55 bits per heavy atom. The highest BCUT2D eigenvalue weighted by Crippen LogP contribution is 2.18. The van der Waals surface area contributed by atoms with Gasteiger partial charge in [-0.15, -0.1) is 0 Å². The molecule has 0 atom stereocenters. The largest absolute Gasteiger partial charge is 0.497 e. The van der Waals surface area contributed by atoms with E-state index in [0.29, 0.717) is 24.3 Å². The minimum atomic E-state index is -0.184. The number of benzene rings is 3. The quantitative estimate of drug-likeness (QED) is 0.452. The molecule has 168 valence electrons. The number of methoxy groups -OCH3 is 1. The molecule has 0 radical (unpaired) electrons. The van der Waals surface area contributed by atoms with Crippen molar-refractivity contribution < 1.29 is 14.3 Å². The lowest BCUT2D eigenvalue weighted by molar-refractivity contribution is -0.118. The molecule has 0 saturated heterocycles. The number of carbonyl (C=O) groups is 2. The van der Waals surface area contributed by atoms with Crippen LogP contribution >= 0.6 is 0 Å². The lowest BCUT2D eigenvalue weighted by atomic mass is 10.2. The first-order valence-corrected chi connectivity index (χ1v) is 10.7. The Bertz CT molecular complexity index is 1270. The van der Waals surface area contributed by atoms with E-state index < -0.39 is 0 Å². The first-order valence-electron chi connectivity index (χ1n) is 10.7. The topological polar surface area (TPSA) is 76.5 Å². The number of fused-ring (bicyclic) bond motifs is 1. The molecule has 0 aliphatic carbocycles. The molecular formula is C26H26N4O3. The number of amides is 2. The van der Waals surface area contributed by atoms with Gasteiger partial charge in [0.1, 0.15) is 18.1 Å². The summed E-state index contributed by atoms with van der Waals surface area (Å²) in [6.45, 7) is 0.549. The van der Waals surface area contributed by atoms with E-state index in [9.17, 15) is 9.59 Å². The van der Waals surface area contributed by atoms with Gasteiger partial charge in [0.25, 0.3) is 5.91 Å². The van der Waals surface area contributed by atoms with Crippen molar-refractivity contribution in [2.24, 2.45) is 0 Å². The van der Waals surface area contributed by atoms with Crippen LogP contribution in [0.15, 0.2) is 78.9 Å². The second-order valence-electron chi connectivity index (χ2n) is 7.63. The number of ether oxygens (including phenoxy) is 1. The zero-order valence-electron chi connectivity index (χ0n) is 18.7. The Morgan fingerprint density at radius 1 is 1.00 bits per heavy atom. The maximum absolute atomic E-state index is 13.0. The monoisotopic (exact) mass is 442 g/mol. The summed E-state index contributed by atoms with van der Waals surface area (Å²) >= 11 is 0. The second-order valence-corrected chi connectivity index (χ2v) is 7.63. The third-order valence-corrected chi connectivity index (χ3v) is 5.51. The zero-order chi connectivity index (χ0) is 23.2. The Morgan fingerprint density at radius 2 is 1.76 bits per heavy atom. The van der Waals surface area contributed by atoms with E-state index in [1.54, 1.807) is 43.3 Å². The first-order chi connectivity index (χ1) is 16.1. The minimum Gasteiger partial charge on any atom is -0.497 e. The second kappa shape index (κ2) is 9.99. The van der Waals surface area contributed by atoms with Crippen LogP contribution in [-0.4, -0.2) is 42.1 Å². The molecule has 0 spiro atoms. The van der Waals surface area contributed by atoms with Crippen molar-refractivity contribution in [2.75, 3.05) is 25.6 Å². The molecule has 0 unspecified atom stereocenters. The number of nitrogens with zero attached hydrogens (tertiary/aromatic N) is 3. The number of hydrogen-bond acceptors (Lipinski definition) is 4. The third kappa shape index (κ3) is 5.03. The number of imidazole rings is 1. The van der Waals surface area contributed by atoms with Gasteiger partial charge in [-0.2, -0.15) is 0 Å². The lowest BCUT2D eigenvalue weighted by Gasteiger charge is -2.18. The summed E-state index contributed by atoms with van der Waals surface area (Å²) in [5, 5.41) is 2.93. The predicted molar refractivity (Wildman–Crippen MR) is 129 cm³/mol. The molecule has 1 N–H and O–H groups in total. The van der Waals surface area contributed by atoms with Crippen molar-refractivity contribution in [3.8, 4) is 5.75 Å². The van der Waals surface area contributed by atoms with Gasteiger partial charge in [0.15, 0.2) is 0 Å². The first kappa shape index (κ1) is 22.1. The summed E-state index contributed by atoms with van der Waals surface area (Å²) in [6.07, 6.45) is 0.493. The van der Waals surface area contributed by atoms with E-state index in [1.807, 2.05) is 59.2 Å². The van der Waals surface area contributed by atoms with Gasteiger partial charge in [0.05, 0.1) is 18.1 Å². The Hall–Kier alpha value is -4.13. The van der Waals surface area contributed by atoms with Crippen LogP contribution in [0.4, 0.5) is 5.69 Å². The molecule has 3 aromatic carbocycles. The standard InChI is InChI=1S/C26H26N4O3/c1-29(20-10-4-3-5-11-20)25(31)18-30-23-14-7-6-13-22(23)28-24(30)15-16-27-26(32)19-9-8-12-21(17-19)33-2/h3-14,17H,15-16,18H2,1-2H3,(H,27,32). The molecule has 0 saturated carbocycles. The van der Waals surface area contributed by atoms with Crippen LogP contribution < -0.4 is 15.0 Å². The Labute approximate surface area is 192 Å². The van der Waals surface area contributed by atoms with Gasteiger partial charge >= 0.3 is 0 Å². The van der Waals surface area contributed by atoms with Crippen LogP contribution in [0.3, 0.4) is 0 Å². The summed E-state index contributed by atoms with van der Waals surface area (Å²) in [5.41, 5.74) is 3.07. The minimum absolute atomic E-state index is 0.0500. The summed E-state index contributed by atoms with van der Waals surface area (Å²) in [4.78, 5) is 31.9. The number of nitrogens with one attached hydrogen (secondary N) is 1. The molecule has 4 aromatic rings. The SMILES string of the molecule is COc1cccc(C(=O)NCCc2nc3ccccc3n2CC(=O)N(C)c2ccccc2)c1. The molecule has 0 fully saturated rings. The average Bonchev–Trinajstić information content (AvgIpc) is 3.21. The van der Waals surface area contributed by atoms with Crippen molar-refractivity contribution in [1.82, 2.24) is 14.9 Å². The van der Waals surface area contributed by atoms with Gasteiger partial charge in [-0.3, -0.25) is 9.59 Å². The van der Waals surface area contributed by atoms with Crippen molar-refractivity contribution in [2.45, 2.75) is 13.0 Å². The van der Waals surface area contributed by atoms with E-state index in [4.69, 9.17) is 9.72 Å². The van der Waals surface area contributed by atoms with Crippen LogP contribution in [0, 0.1) is 0 Å². The Balaban J connectivity index is 1.49. The molecule has 33 heavy (non-hydrogen) atoms.